The number of aromatic nitrogens is 2. The van der Waals surface area contributed by atoms with Crippen molar-refractivity contribution in [2.24, 2.45) is 0 Å². The lowest BCUT2D eigenvalue weighted by atomic mass is 9.96. The number of nitrogens with zero attached hydrogens (tertiary/aromatic N) is 1. The van der Waals surface area contributed by atoms with Crippen LogP contribution in [0.4, 0.5) is 0 Å². The molecule has 1 aliphatic rings. The zero-order chi connectivity index (χ0) is 21.8. The molecule has 8 nitrogen and oxygen atoms in total. The number of hydrogen-bond donors (Lipinski definition) is 4. The molecule has 3 aromatic rings. The maximum absolute atomic E-state index is 12.5. The van der Waals surface area contributed by atoms with Crippen LogP contribution in [-0.4, -0.2) is 34.0 Å². The molecule has 0 saturated heterocycles. The van der Waals surface area contributed by atoms with Crippen LogP contribution in [0.3, 0.4) is 0 Å². The van der Waals surface area contributed by atoms with E-state index in [1.165, 1.54) is 0 Å². The summed E-state index contributed by atoms with van der Waals surface area (Å²) in [5.41, 5.74) is 7.85. The van der Waals surface area contributed by atoms with Gasteiger partial charge >= 0.3 is 0 Å². The quantitative estimate of drug-likeness (QED) is 0.473. The summed E-state index contributed by atoms with van der Waals surface area (Å²) in [4.78, 5) is 37.2. The van der Waals surface area contributed by atoms with Gasteiger partial charge in [-0.25, -0.2) is 0 Å². The average Bonchev–Trinajstić information content (AvgIpc) is 3.21. The molecule has 8 heteroatoms. The van der Waals surface area contributed by atoms with Gasteiger partial charge in [0.15, 0.2) is 5.69 Å². The van der Waals surface area contributed by atoms with Crippen molar-refractivity contribution in [1.29, 1.82) is 0 Å². The highest BCUT2D eigenvalue weighted by Gasteiger charge is 2.23. The fourth-order valence-corrected chi connectivity index (χ4v) is 3.93. The summed E-state index contributed by atoms with van der Waals surface area (Å²) >= 11 is 0. The summed E-state index contributed by atoms with van der Waals surface area (Å²) in [6.07, 6.45) is 3.91. The van der Waals surface area contributed by atoms with Gasteiger partial charge in [-0.2, -0.15) is 5.10 Å². The Balaban J connectivity index is 1.30. The Morgan fingerprint density at radius 1 is 1.03 bits per heavy atom. The molecule has 3 amide bonds. The first kappa shape index (κ1) is 20.6. The standard InChI is InChI=1S/C23H25N5O3/c1-14(24-20(29)13-16-9-6-8-15-7-2-3-10-17(15)16)22(30)27-28-23(31)21-18-11-4-5-12-19(18)25-26-21/h2-3,6-10,14H,4-5,11-13H2,1H3,(H,24,29)(H,25,26)(H,27,30)(H,28,31)/t14-/m0/s1. The maximum atomic E-state index is 12.5. The molecular formula is C23H25N5O3. The van der Waals surface area contributed by atoms with Crippen LogP contribution < -0.4 is 16.2 Å². The minimum atomic E-state index is -0.809. The number of fused-ring (bicyclic) bond motifs is 2. The van der Waals surface area contributed by atoms with Crippen molar-refractivity contribution in [2.45, 2.75) is 45.1 Å². The number of amides is 3. The number of aryl methyl sites for hydroxylation is 1. The van der Waals surface area contributed by atoms with Crippen molar-refractivity contribution in [2.75, 3.05) is 0 Å². The smallest absolute Gasteiger partial charge is 0.290 e. The molecule has 0 aliphatic heterocycles. The van der Waals surface area contributed by atoms with Crippen molar-refractivity contribution in [3.05, 3.63) is 65.0 Å². The molecule has 2 aromatic carbocycles. The van der Waals surface area contributed by atoms with Gasteiger partial charge in [0.1, 0.15) is 6.04 Å². The number of hydrazine groups is 1. The van der Waals surface area contributed by atoms with Gasteiger partial charge in [-0.15, -0.1) is 0 Å². The number of nitrogens with one attached hydrogen (secondary N) is 4. The molecule has 0 bridgehead atoms. The van der Waals surface area contributed by atoms with Crippen LogP contribution in [0.1, 0.15) is 47.1 Å². The fraction of sp³-hybridized carbons (Fsp3) is 0.304. The van der Waals surface area contributed by atoms with Crippen LogP contribution in [0.25, 0.3) is 10.8 Å². The van der Waals surface area contributed by atoms with Gasteiger partial charge in [-0.05, 0) is 48.9 Å². The highest BCUT2D eigenvalue weighted by molar-refractivity contribution is 5.96. The lowest BCUT2D eigenvalue weighted by Crippen LogP contribution is -2.51. The Morgan fingerprint density at radius 2 is 1.81 bits per heavy atom. The summed E-state index contributed by atoms with van der Waals surface area (Å²) in [6.45, 7) is 1.57. The lowest BCUT2D eigenvalue weighted by molar-refractivity contribution is -0.128. The zero-order valence-electron chi connectivity index (χ0n) is 17.3. The van der Waals surface area contributed by atoms with Crippen LogP contribution in [0.15, 0.2) is 42.5 Å². The van der Waals surface area contributed by atoms with E-state index in [0.717, 1.165) is 53.3 Å². The molecule has 31 heavy (non-hydrogen) atoms. The molecule has 0 radical (unpaired) electrons. The number of aromatic amines is 1. The van der Waals surface area contributed by atoms with Gasteiger partial charge < -0.3 is 5.32 Å². The monoisotopic (exact) mass is 419 g/mol. The third kappa shape index (κ3) is 4.58. The normalized spacial score (nSPS) is 13.8. The summed E-state index contributed by atoms with van der Waals surface area (Å²) in [6, 6.07) is 12.8. The van der Waals surface area contributed by atoms with E-state index in [-0.39, 0.29) is 12.3 Å². The molecular weight excluding hydrogens is 394 g/mol. The summed E-state index contributed by atoms with van der Waals surface area (Å²) < 4.78 is 0. The molecule has 1 aliphatic carbocycles. The Kier molecular flexibility index (Phi) is 5.97. The van der Waals surface area contributed by atoms with E-state index in [1.54, 1.807) is 6.92 Å². The highest BCUT2D eigenvalue weighted by atomic mass is 16.2. The van der Waals surface area contributed by atoms with Gasteiger partial charge in [0.25, 0.3) is 11.8 Å². The van der Waals surface area contributed by atoms with Gasteiger partial charge in [0.2, 0.25) is 5.91 Å². The molecule has 160 valence electrons. The van der Waals surface area contributed by atoms with Gasteiger partial charge in [-0.1, -0.05) is 42.5 Å². The SMILES string of the molecule is C[C@H](NC(=O)Cc1cccc2ccccc12)C(=O)NNC(=O)c1n[nH]c2c1CCCC2. The summed E-state index contributed by atoms with van der Waals surface area (Å²) in [5.74, 6) is -1.25. The highest BCUT2D eigenvalue weighted by Crippen LogP contribution is 2.22. The second-order valence-electron chi connectivity index (χ2n) is 7.78. The Morgan fingerprint density at radius 3 is 2.68 bits per heavy atom. The van der Waals surface area contributed by atoms with Crippen molar-refractivity contribution in [3.8, 4) is 0 Å². The fourth-order valence-electron chi connectivity index (χ4n) is 3.93. The van der Waals surface area contributed by atoms with Crippen LogP contribution in [0.5, 0.6) is 0 Å². The number of carbonyl (C=O) groups is 3. The van der Waals surface area contributed by atoms with E-state index < -0.39 is 17.9 Å². The van der Waals surface area contributed by atoms with Crippen LogP contribution in [-0.2, 0) is 28.9 Å². The molecule has 1 atom stereocenters. The molecule has 0 saturated carbocycles. The van der Waals surface area contributed by atoms with Crippen LogP contribution >= 0.6 is 0 Å². The Labute approximate surface area is 179 Å². The number of rotatable bonds is 5. The number of hydrogen-bond acceptors (Lipinski definition) is 4. The topological polar surface area (TPSA) is 116 Å². The van der Waals surface area contributed by atoms with Crippen molar-refractivity contribution < 1.29 is 14.4 Å². The Hall–Kier alpha value is -3.68. The first-order valence-electron chi connectivity index (χ1n) is 10.4. The maximum Gasteiger partial charge on any atom is 0.290 e. The van der Waals surface area contributed by atoms with E-state index in [0.29, 0.717) is 5.69 Å². The van der Waals surface area contributed by atoms with E-state index in [2.05, 4.69) is 26.4 Å². The molecule has 0 unspecified atom stereocenters. The van der Waals surface area contributed by atoms with E-state index in [9.17, 15) is 14.4 Å². The second-order valence-corrected chi connectivity index (χ2v) is 7.78. The van der Waals surface area contributed by atoms with E-state index >= 15 is 0 Å². The molecule has 0 spiro atoms. The number of benzene rings is 2. The molecule has 4 N–H and O–H groups in total. The van der Waals surface area contributed by atoms with Crippen LogP contribution in [0, 0.1) is 0 Å². The van der Waals surface area contributed by atoms with Gasteiger partial charge in [-0.3, -0.25) is 30.3 Å². The molecule has 1 aromatic heterocycles. The van der Waals surface area contributed by atoms with Crippen molar-refractivity contribution >= 4 is 28.5 Å². The average molecular weight is 419 g/mol. The minimum Gasteiger partial charge on any atom is -0.344 e. The first-order chi connectivity index (χ1) is 15.0. The number of carbonyl (C=O) groups excluding carboxylic acids is 3. The molecule has 1 heterocycles. The minimum absolute atomic E-state index is 0.157. The molecule has 0 fully saturated rings. The molecule has 4 rings (SSSR count). The largest absolute Gasteiger partial charge is 0.344 e. The predicted molar refractivity (Wildman–Crippen MR) is 116 cm³/mol. The van der Waals surface area contributed by atoms with Gasteiger partial charge in [0.05, 0.1) is 6.42 Å². The van der Waals surface area contributed by atoms with E-state index in [4.69, 9.17) is 0 Å². The Bertz CT molecular complexity index is 1130. The second kappa shape index (κ2) is 8.99. The summed E-state index contributed by atoms with van der Waals surface area (Å²) in [7, 11) is 0. The predicted octanol–water partition coefficient (Wildman–Crippen LogP) is 1.95. The summed E-state index contributed by atoms with van der Waals surface area (Å²) in [5, 5.41) is 11.7. The number of H-pyrrole nitrogens is 1. The van der Waals surface area contributed by atoms with Gasteiger partial charge in [0, 0.05) is 11.3 Å². The van der Waals surface area contributed by atoms with Crippen molar-refractivity contribution in [1.82, 2.24) is 26.4 Å². The van der Waals surface area contributed by atoms with Crippen molar-refractivity contribution in [3.63, 3.8) is 0 Å². The first-order valence-corrected chi connectivity index (χ1v) is 10.4. The third-order valence-corrected chi connectivity index (χ3v) is 5.57. The van der Waals surface area contributed by atoms with E-state index in [1.807, 2.05) is 42.5 Å². The lowest BCUT2D eigenvalue weighted by Gasteiger charge is -2.15. The zero-order valence-corrected chi connectivity index (χ0v) is 17.3. The van der Waals surface area contributed by atoms with Crippen LogP contribution in [0.2, 0.25) is 0 Å². The third-order valence-electron chi connectivity index (χ3n) is 5.57.